The first-order chi connectivity index (χ1) is 16.1. The van der Waals surface area contributed by atoms with Crippen molar-refractivity contribution in [1.29, 1.82) is 0 Å². The van der Waals surface area contributed by atoms with Crippen molar-refractivity contribution in [3.8, 4) is 5.75 Å². The van der Waals surface area contributed by atoms with Crippen LogP contribution in [0.5, 0.6) is 5.75 Å². The average molecular weight is 502 g/mol. The Morgan fingerprint density at radius 2 is 1.88 bits per heavy atom. The lowest BCUT2D eigenvalue weighted by Crippen LogP contribution is -2.30. The maximum absolute atomic E-state index is 13.5. The Hall–Kier alpha value is -3.03. The fourth-order valence-electron chi connectivity index (χ4n) is 3.21. The van der Waals surface area contributed by atoms with Gasteiger partial charge in [0.25, 0.3) is 0 Å². The van der Waals surface area contributed by atoms with E-state index in [1.807, 2.05) is 44.2 Å². The molecule has 0 aliphatic heterocycles. The molecule has 180 valence electrons. The number of carboxylic acid groups (broad SMARTS) is 1. The minimum absolute atomic E-state index is 0.232. The minimum atomic E-state index is -1.57. The van der Waals surface area contributed by atoms with Gasteiger partial charge in [0, 0.05) is 23.7 Å². The van der Waals surface area contributed by atoms with Crippen LogP contribution in [0.4, 0.5) is 5.69 Å². The maximum atomic E-state index is 13.5. The number of carbonyl (C=O) groups is 1. The molecule has 0 saturated carbocycles. The zero-order valence-corrected chi connectivity index (χ0v) is 21.2. The van der Waals surface area contributed by atoms with E-state index in [1.165, 1.54) is 6.08 Å². The third-order valence-corrected chi connectivity index (χ3v) is 6.64. The lowest BCUT2D eigenvalue weighted by atomic mass is 10.1. The van der Waals surface area contributed by atoms with Crippen molar-refractivity contribution in [1.82, 2.24) is 0 Å². The van der Waals surface area contributed by atoms with Crippen LogP contribution >= 0.6 is 11.6 Å². The standard InChI is InChI=1S/C26H28ClNO5S/c1-17(2)15-28(34(31)26-12-5-19(4)33-26)23-13-18(3)22(27)14-24(23)32-16-21-8-6-20(7-9-21)10-11-25(29)30/h5-14,17H,15-16H2,1-4H3,(H,29,30)/b11-10+. The summed E-state index contributed by atoms with van der Waals surface area (Å²) in [5, 5.41) is 9.70. The van der Waals surface area contributed by atoms with Crippen LogP contribution in [0, 0.1) is 19.8 Å². The predicted molar refractivity (Wildman–Crippen MR) is 136 cm³/mol. The van der Waals surface area contributed by atoms with E-state index in [0.29, 0.717) is 33.9 Å². The molecule has 1 heterocycles. The third kappa shape index (κ3) is 6.74. The first kappa shape index (κ1) is 25.6. The van der Waals surface area contributed by atoms with E-state index >= 15 is 0 Å². The number of anilines is 1. The molecule has 0 aliphatic carbocycles. The quantitative estimate of drug-likeness (QED) is 0.324. The van der Waals surface area contributed by atoms with Gasteiger partial charge in [-0.25, -0.2) is 9.00 Å². The van der Waals surface area contributed by atoms with E-state index in [-0.39, 0.29) is 12.5 Å². The minimum Gasteiger partial charge on any atom is -0.487 e. The molecule has 0 amide bonds. The van der Waals surface area contributed by atoms with Gasteiger partial charge in [0.2, 0.25) is 5.09 Å². The Balaban J connectivity index is 1.89. The first-order valence-electron chi connectivity index (χ1n) is 10.8. The van der Waals surface area contributed by atoms with Gasteiger partial charge in [-0.3, -0.25) is 4.31 Å². The van der Waals surface area contributed by atoms with Gasteiger partial charge in [0.05, 0.1) is 5.69 Å². The second kappa shape index (κ2) is 11.4. The first-order valence-corrected chi connectivity index (χ1v) is 12.3. The van der Waals surface area contributed by atoms with E-state index in [2.05, 4.69) is 13.8 Å². The highest BCUT2D eigenvalue weighted by atomic mass is 35.5. The maximum Gasteiger partial charge on any atom is 0.328 e. The summed E-state index contributed by atoms with van der Waals surface area (Å²) in [6.45, 7) is 8.61. The lowest BCUT2D eigenvalue weighted by molar-refractivity contribution is -0.131. The van der Waals surface area contributed by atoms with Gasteiger partial charge in [-0.1, -0.05) is 49.7 Å². The molecule has 8 heteroatoms. The number of aryl methyl sites for hydroxylation is 2. The van der Waals surface area contributed by atoms with Crippen LogP contribution in [0.15, 0.2) is 64.1 Å². The molecule has 2 aromatic carbocycles. The fraction of sp³-hybridized carbons (Fsp3) is 0.269. The molecule has 1 unspecified atom stereocenters. The van der Waals surface area contributed by atoms with Crippen LogP contribution in [0.2, 0.25) is 5.02 Å². The lowest BCUT2D eigenvalue weighted by Gasteiger charge is -2.27. The van der Waals surface area contributed by atoms with Crippen LogP contribution < -0.4 is 9.04 Å². The van der Waals surface area contributed by atoms with Crippen molar-refractivity contribution >= 4 is 40.3 Å². The molecule has 0 aliphatic rings. The number of benzene rings is 2. The molecular weight excluding hydrogens is 474 g/mol. The highest BCUT2D eigenvalue weighted by molar-refractivity contribution is 7.86. The van der Waals surface area contributed by atoms with Gasteiger partial charge in [-0.15, -0.1) is 0 Å². The summed E-state index contributed by atoms with van der Waals surface area (Å²) < 4.78 is 27.0. The highest BCUT2D eigenvalue weighted by Gasteiger charge is 2.24. The smallest absolute Gasteiger partial charge is 0.328 e. The second-order valence-corrected chi connectivity index (χ2v) is 10.1. The zero-order valence-electron chi connectivity index (χ0n) is 19.6. The highest BCUT2D eigenvalue weighted by Crippen LogP contribution is 2.37. The number of furan rings is 1. The normalized spacial score (nSPS) is 12.3. The monoisotopic (exact) mass is 501 g/mol. The van der Waals surface area contributed by atoms with Crippen LogP contribution in [0.1, 0.15) is 36.3 Å². The number of nitrogens with zero attached hydrogens (tertiary/aromatic N) is 1. The molecule has 34 heavy (non-hydrogen) atoms. The van der Waals surface area contributed by atoms with Crippen LogP contribution in [0.25, 0.3) is 6.08 Å². The van der Waals surface area contributed by atoms with E-state index < -0.39 is 17.0 Å². The third-order valence-electron chi connectivity index (χ3n) is 4.92. The summed E-state index contributed by atoms with van der Waals surface area (Å²) in [5.41, 5.74) is 3.19. The number of halogens is 1. The molecule has 3 aromatic rings. The van der Waals surface area contributed by atoms with Gasteiger partial charge < -0.3 is 14.3 Å². The number of carboxylic acids is 1. The topological polar surface area (TPSA) is 80.0 Å². The van der Waals surface area contributed by atoms with E-state index in [4.69, 9.17) is 25.9 Å². The van der Waals surface area contributed by atoms with E-state index in [1.54, 1.807) is 22.5 Å². The van der Waals surface area contributed by atoms with Crippen molar-refractivity contribution in [3.05, 3.63) is 82.1 Å². The van der Waals surface area contributed by atoms with E-state index in [0.717, 1.165) is 22.8 Å². The van der Waals surface area contributed by atoms with Crippen LogP contribution in [-0.2, 0) is 22.4 Å². The molecule has 1 atom stereocenters. The molecule has 1 aromatic heterocycles. The largest absolute Gasteiger partial charge is 0.487 e. The Bertz CT molecular complexity index is 1200. The molecule has 0 radical (unpaired) electrons. The Morgan fingerprint density at radius 3 is 2.47 bits per heavy atom. The zero-order chi connectivity index (χ0) is 24.8. The van der Waals surface area contributed by atoms with Gasteiger partial charge >= 0.3 is 5.97 Å². The molecule has 0 fully saturated rings. The number of rotatable bonds is 10. The number of hydrogen-bond donors (Lipinski definition) is 1. The summed E-state index contributed by atoms with van der Waals surface area (Å²) in [4.78, 5) is 10.7. The number of aliphatic carboxylic acids is 1. The van der Waals surface area contributed by atoms with Crippen molar-refractivity contribution in [3.63, 3.8) is 0 Å². The van der Waals surface area contributed by atoms with E-state index in [9.17, 15) is 9.00 Å². The summed E-state index contributed by atoms with van der Waals surface area (Å²) in [6, 6.07) is 14.5. The van der Waals surface area contributed by atoms with Gasteiger partial charge in [-0.2, -0.15) is 0 Å². The Morgan fingerprint density at radius 1 is 1.18 bits per heavy atom. The Kier molecular flexibility index (Phi) is 8.58. The molecule has 6 nitrogen and oxygen atoms in total. The predicted octanol–water partition coefficient (Wildman–Crippen LogP) is 6.41. The SMILES string of the molecule is Cc1ccc(S(=O)N(CC(C)C)c2cc(C)c(Cl)cc2OCc2ccc(/C=C/C(=O)O)cc2)o1. The summed E-state index contributed by atoms with van der Waals surface area (Å²) in [7, 11) is -1.57. The van der Waals surface area contributed by atoms with Crippen molar-refractivity contribution in [2.24, 2.45) is 5.92 Å². The number of hydrogen-bond acceptors (Lipinski definition) is 4. The summed E-state index contributed by atoms with van der Waals surface area (Å²) in [6.07, 6.45) is 2.62. The van der Waals surface area contributed by atoms with Gasteiger partial charge in [-0.05, 0) is 60.7 Å². The number of ether oxygens (including phenoxy) is 1. The fourth-order valence-corrected chi connectivity index (χ4v) is 4.73. The molecule has 0 saturated heterocycles. The average Bonchev–Trinajstić information content (AvgIpc) is 3.23. The van der Waals surface area contributed by atoms with Crippen molar-refractivity contribution in [2.45, 2.75) is 39.4 Å². The molecule has 0 bridgehead atoms. The molecule has 0 spiro atoms. The van der Waals surface area contributed by atoms with Crippen LogP contribution in [0.3, 0.4) is 0 Å². The van der Waals surface area contributed by atoms with Crippen LogP contribution in [-0.4, -0.2) is 21.8 Å². The van der Waals surface area contributed by atoms with Crippen molar-refractivity contribution < 1.29 is 23.3 Å². The summed E-state index contributed by atoms with van der Waals surface area (Å²) >= 11 is 6.41. The second-order valence-electron chi connectivity index (χ2n) is 8.34. The van der Waals surface area contributed by atoms with Gasteiger partial charge in [0.15, 0.2) is 11.0 Å². The van der Waals surface area contributed by atoms with Crippen molar-refractivity contribution in [2.75, 3.05) is 10.8 Å². The molecule has 3 rings (SSSR count). The Labute approximate surface area is 207 Å². The van der Waals surface area contributed by atoms with Gasteiger partial charge in [0.1, 0.15) is 18.1 Å². The summed E-state index contributed by atoms with van der Waals surface area (Å²) in [5.74, 6) is 0.445. The molecule has 1 N–H and O–H groups in total. The molecular formula is C26H28ClNO5S.